The summed E-state index contributed by atoms with van der Waals surface area (Å²) in [7, 11) is 0. The first-order valence-electron chi connectivity index (χ1n) is 1.77. The van der Waals surface area contributed by atoms with Gasteiger partial charge in [0.25, 0.3) is 0 Å². The van der Waals surface area contributed by atoms with Crippen LogP contribution >= 0.6 is 0 Å². The SMILES string of the molecule is O=C(O)/C=C\C(=O)O.[KH].[Rh]. The molecule has 0 aromatic heterocycles. The Hall–Kier alpha value is 0.940. The first kappa shape index (κ1) is 17.1. The van der Waals surface area contributed by atoms with Crippen molar-refractivity contribution in [3.63, 3.8) is 0 Å². The van der Waals surface area contributed by atoms with Crippen LogP contribution in [0.2, 0.25) is 0 Å². The molecule has 10 heavy (non-hydrogen) atoms. The van der Waals surface area contributed by atoms with Crippen LogP contribution in [-0.4, -0.2) is 73.5 Å². The van der Waals surface area contributed by atoms with Gasteiger partial charge in [-0.3, -0.25) is 0 Å². The third kappa shape index (κ3) is 16.0. The van der Waals surface area contributed by atoms with Crippen LogP contribution in [0.3, 0.4) is 0 Å². The second kappa shape index (κ2) is 9.94. The molecule has 0 bridgehead atoms. The average molecular weight is 259 g/mol. The van der Waals surface area contributed by atoms with E-state index >= 15 is 0 Å². The normalized spacial score (nSPS) is 7.60. The molecule has 0 aliphatic carbocycles. The number of carboxylic acids is 2. The summed E-state index contributed by atoms with van der Waals surface area (Å²) >= 11 is 0. The summed E-state index contributed by atoms with van der Waals surface area (Å²) in [6.07, 6.45) is 1.12. The van der Waals surface area contributed by atoms with E-state index in [0.29, 0.717) is 12.2 Å². The molecule has 0 amide bonds. The van der Waals surface area contributed by atoms with Gasteiger partial charge in [0.05, 0.1) is 0 Å². The average Bonchev–Trinajstić information content (AvgIpc) is 1.61. The number of hydrogen-bond acceptors (Lipinski definition) is 2. The van der Waals surface area contributed by atoms with Gasteiger partial charge in [-0.05, 0) is 0 Å². The zero-order valence-electron chi connectivity index (χ0n) is 4.20. The minimum atomic E-state index is -1.26. The molecular weight excluding hydrogens is 254 g/mol. The van der Waals surface area contributed by atoms with E-state index in [-0.39, 0.29) is 70.9 Å². The molecule has 55 valence electrons. The molecule has 0 aromatic carbocycles. The Morgan fingerprint density at radius 3 is 1.30 bits per heavy atom. The molecule has 2 N–H and O–H groups in total. The summed E-state index contributed by atoms with van der Waals surface area (Å²) in [6, 6.07) is 0. The van der Waals surface area contributed by atoms with Crippen LogP contribution in [0, 0.1) is 0 Å². The van der Waals surface area contributed by atoms with Crippen LogP contribution in [0.1, 0.15) is 0 Å². The fourth-order valence-corrected chi connectivity index (χ4v) is 0.143. The predicted octanol–water partition coefficient (Wildman–Crippen LogP) is -0.939. The number of carbonyl (C=O) groups is 2. The molecule has 0 unspecified atom stereocenters. The van der Waals surface area contributed by atoms with Crippen LogP contribution in [0.5, 0.6) is 0 Å². The molecule has 1 radical (unpaired) electrons. The summed E-state index contributed by atoms with van der Waals surface area (Å²) in [4.78, 5) is 19.1. The van der Waals surface area contributed by atoms with E-state index in [9.17, 15) is 9.59 Å². The third-order valence-corrected chi connectivity index (χ3v) is 0.368. The Morgan fingerprint density at radius 2 is 1.20 bits per heavy atom. The topological polar surface area (TPSA) is 74.6 Å². The van der Waals surface area contributed by atoms with Crippen molar-refractivity contribution in [1.82, 2.24) is 0 Å². The maximum atomic E-state index is 9.55. The zero-order chi connectivity index (χ0) is 6.57. The Balaban J connectivity index is -0.000000245. The molecule has 0 aromatic rings. The van der Waals surface area contributed by atoms with Crippen molar-refractivity contribution >= 4 is 63.3 Å². The van der Waals surface area contributed by atoms with Gasteiger partial charge >= 0.3 is 63.3 Å². The number of rotatable bonds is 2. The monoisotopic (exact) mass is 259 g/mol. The van der Waals surface area contributed by atoms with Gasteiger partial charge in [0.1, 0.15) is 0 Å². The van der Waals surface area contributed by atoms with Crippen LogP contribution < -0.4 is 0 Å². The second-order valence-electron chi connectivity index (χ2n) is 1.01. The van der Waals surface area contributed by atoms with Gasteiger partial charge < -0.3 is 10.2 Å². The molecule has 0 saturated carbocycles. The van der Waals surface area contributed by atoms with Crippen molar-refractivity contribution in [3.8, 4) is 0 Å². The van der Waals surface area contributed by atoms with Crippen LogP contribution in [-0.2, 0) is 29.1 Å². The summed E-state index contributed by atoms with van der Waals surface area (Å²) in [6.45, 7) is 0. The molecular formula is C4H5KO4Rh. The van der Waals surface area contributed by atoms with Crippen molar-refractivity contribution in [2.45, 2.75) is 0 Å². The van der Waals surface area contributed by atoms with E-state index in [4.69, 9.17) is 10.2 Å². The zero-order valence-corrected chi connectivity index (χ0v) is 5.84. The molecule has 0 fully saturated rings. The van der Waals surface area contributed by atoms with Crippen molar-refractivity contribution < 1.29 is 39.3 Å². The smallest absolute Gasteiger partial charge is 0 e. The number of hydrogen-bond donors (Lipinski definition) is 2. The molecule has 0 atom stereocenters. The number of carboxylic acid groups (broad SMARTS) is 2. The first-order chi connectivity index (χ1) is 3.63. The fourth-order valence-electron chi connectivity index (χ4n) is 0.143. The summed E-state index contributed by atoms with van der Waals surface area (Å²) < 4.78 is 0. The van der Waals surface area contributed by atoms with E-state index in [0.717, 1.165) is 0 Å². The van der Waals surface area contributed by atoms with Crippen LogP contribution in [0.4, 0.5) is 0 Å². The minimum Gasteiger partial charge on any atom is 0 e. The van der Waals surface area contributed by atoms with Crippen molar-refractivity contribution in [1.29, 1.82) is 0 Å². The molecule has 0 spiro atoms. The summed E-state index contributed by atoms with van der Waals surface area (Å²) in [5.41, 5.74) is 0. The van der Waals surface area contributed by atoms with Crippen LogP contribution in [0.15, 0.2) is 12.2 Å². The molecule has 0 aliphatic rings. The maximum Gasteiger partial charge on any atom is 0 e. The maximum absolute atomic E-state index is 9.55. The van der Waals surface area contributed by atoms with Gasteiger partial charge in [-0.1, -0.05) is 0 Å². The van der Waals surface area contributed by atoms with Gasteiger partial charge in [0.15, 0.2) is 0 Å². The Labute approximate surface area is 113 Å². The molecule has 0 heterocycles. The Bertz CT molecular complexity index is 128. The molecule has 0 aliphatic heterocycles. The Morgan fingerprint density at radius 1 is 1.00 bits per heavy atom. The second-order valence-corrected chi connectivity index (χ2v) is 1.01. The fraction of sp³-hybridized carbons (Fsp3) is 0. The predicted molar refractivity (Wildman–Crippen MR) is 31.6 cm³/mol. The molecule has 4 nitrogen and oxygen atoms in total. The first-order valence-corrected chi connectivity index (χ1v) is 1.77. The van der Waals surface area contributed by atoms with Crippen LogP contribution in [0.25, 0.3) is 0 Å². The van der Waals surface area contributed by atoms with Gasteiger partial charge in [0, 0.05) is 31.6 Å². The number of aliphatic carboxylic acids is 2. The van der Waals surface area contributed by atoms with Crippen molar-refractivity contribution in [2.24, 2.45) is 0 Å². The molecule has 6 heteroatoms. The third-order valence-electron chi connectivity index (χ3n) is 0.368. The van der Waals surface area contributed by atoms with E-state index < -0.39 is 11.9 Å². The Kier molecular flexibility index (Phi) is 17.0. The van der Waals surface area contributed by atoms with Gasteiger partial charge in [0.2, 0.25) is 0 Å². The van der Waals surface area contributed by atoms with Gasteiger partial charge in [-0.25, -0.2) is 9.59 Å². The standard InChI is InChI=1S/C4H4O4.K.Rh.H/c5-3(6)1-2-4(7)8;;;/h1-2H,(H,5,6)(H,7,8);;;/b2-1-;;;. The van der Waals surface area contributed by atoms with E-state index in [1.807, 2.05) is 0 Å². The van der Waals surface area contributed by atoms with Gasteiger partial charge in [-0.2, -0.15) is 0 Å². The van der Waals surface area contributed by atoms with E-state index in [2.05, 4.69) is 0 Å². The van der Waals surface area contributed by atoms with E-state index in [1.54, 1.807) is 0 Å². The van der Waals surface area contributed by atoms with E-state index in [1.165, 1.54) is 0 Å². The van der Waals surface area contributed by atoms with Crippen molar-refractivity contribution in [3.05, 3.63) is 12.2 Å². The molecule has 0 rings (SSSR count). The largest absolute Gasteiger partial charge is 0 e. The quantitative estimate of drug-likeness (QED) is 0.496. The van der Waals surface area contributed by atoms with Gasteiger partial charge in [-0.15, -0.1) is 0 Å². The van der Waals surface area contributed by atoms with Crippen molar-refractivity contribution in [2.75, 3.05) is 0 Å². The minimum absolute atomic E-state index is 0. The summed E-state index contributed by atoms with van der Waals surface area (Å²) in [5, 5.41) is 15.6. The summed E-state index contributed by atoms with van der Waals surface area (Å²) in [5.74, 6) is -2.51. The molecule has 0 saturated heterocycles.